The maximum absolute atomic E-state index is 11.9. The smallest absolute Gasteiger partial charge is 0.309 e. The van der Waals surface area contributed by atoms with Crippen molar-refractivity contribution in [3.8, 4) is 0 Å². The number of esters is 2. The van der Waals surface area contributed by atoms with E-state index >= 15 is 0 Å². The van der Waals surface area contributed by atoms with Gasteiger partial charge in [-0.25, -0.2) is 0 Å². The van der Waals surface area contributed by atoms with Crippen molar-refractivity contribution in [2.45, 2.75) is 51.2 Å². The van der Waals surface area contributed by atoms with Gasteiger partial charge in [0.2, 0.25) is 0 Å². The highest BCUT2D eigenvalue weighted by atomic mass is 32.2. The van der Waals surface area contributed by atoms with Gasteiger partial charge in [-0.2, -0.15) is 0 Å². The first kappa shape index (κ1) is 14.9. The lowest BCUT2D eigenvalue weighted by Gasteiger charge is -2.41. The Morgan fingerprint density at radius 3 is 2.86 bits per heavy atom. The van der Waals surface area contributed by atoms with Crippen molar-refractivity contribution < 1.29 is 23.9 Å². The highest BCUT2D eigenvalue weighted by Gasteiger charge is 2.51. The monoisotopic (exact) mass is 312 g/mol. The first-order valence-electron chi connectivity index (χ1n) is 7.56. The Kier molecular flexibility index (Phi) is 4.24. The molecule has 6 heteroatoms. The molecule has 4 fully saturated rings. The zero-order valence-electron chi connectivity index (χ0n) is 12.1. The van der Waals surface area contributed by atoms with Crippen LogP contribution in [0.3, 0.4) is 0 Å². The Hall–Kier alpha value is -1.04. The number of rotatable bonds is 4. The molecule has 5 unspecified atom stereocenters. The Balaban J connectivity index is 1.59. The fourth-order valence-electron chi connectivity index (χ4n) is 3.93. The van der Waals surface area contributed by atoms with E-state index in [9.17, 15) is 14.4 Å². The van der Waals surface area contributed by atoms with Crippen LogP contribution in [-0.4, -0.2) is 35.0 Å². The zero-order chi connectivity index (χ0) is 15.0. The lowest BCUT2D eigenvalue weighted by Crippen LogP contribution is -2.45. The van der Waals surface area contributed by atoms with Crippen LogP contribution in [0.1, 0.15) is 39.0 Å². The molecule has 5 nitrogen and oxygen atoms in total. The average Bonchev–Trinajstić information content (AvgIpc) is 2.56. The van der Waals surface area contributed by atoms with E-state index in [0.717, 1.165) is 37.4 Å². The number of carbonyl (C=O) groups excluding carboxylic acids is 3. The molecule has 0 aromatic heterocycles. The summed E-state index contributed by atoms with van der Waals surface area (Å²) in [6.07, 6.45) is 3.24. The fraction of sp³-hybridized carbons (Fsp3) is 0.800. The Morgan fingerprint density at radius 2 is 2.10 bits per heavy atom. The minimum atomic E-state index is -0.294. The minimum absolute atomic E-state index is 0.00292. The molecule has 5 atom stereocenters. The number of hydrogen-bond acceptors (Lipinski definition) is 6. The van der Waals surface area contributed by atoms with E-state index < -0.39 is 0 Å². The normalized spacial score (nSPS) is 37.0. The van der Waals surface area contributed by atoms with Gasteiger partial charge in [-0.15, -0.1) is 0 Å². The number of ether oxygens (including phenoxy) is 2. The molecule has 4 bridgehead atoms. The summed E-state index contributed by atoms with van der Waals surface area (Å²) in [7, 11) is 0. The van der Waals surface area contributed by atoms with Crippen LogP contribution in [0.2, 0.25) is 0 Å². The third-order valence-corrected chi connectivity index (χ3v) is 5.53. The van der Waals surface area contributed by atoms with Gasteiger partial charge < -0.3 is 9.47 Å². The molecular formula is C15H20O5S. The van der Waals surface area contributed by atoms with Gasteiger partial charge in [-0.3, -0.25) is 14.4 Å². The van der Waals surface area contributed by atoms with Crippen LogP contribution in [0.25, 0.3) is 0 Å². The van der Waals surface area contributed by atoms with E-state index in [2.05, 4.69) is 0 Å². The molecule has 0 spiro atoms. The summed E-state index contributed by atoms with van der Waals surface area (Å²) < 4.78 is 11.1. The molecule has 0 N–H and O–H groups in total. The van der Waals surface area contributed by atoms with E-state index in [-0.39, 0.29) is 47.5 Å². The molecule has 116 valence electrons. The van der Waals surface area contributed by atoms with Gasteiger partial charge in [-0.05, 0) is 31.6 Å². The predicted octanol–water partition coefficient (Wildman–Crippen LogP) is 1.93. The molecule has 4 rings (SSSR count). The number of thioether (sulfide) groups is 1. The lowest BCUT2D eigenvalue weighted by molar-refractivity contribution is -0.172. The largest absolute Gasteiger partial charge is 0.458 e. The number of hydrogen-bond donors (Lipinski definition) is 0. The maximum atomic E-state index is 11.9. The molecule has 0 radical (unpaired) electrons. The fourth-order valence-corrected chi connectivity index (χ4v) is 4.48. The molecule has 21 heavy (non-hydrogen) atoms. The molecule has 2 saturated heterocycles. The van der Waals surface area contributed by atoms with Gasteiger partial charge in [-0.1, -0.05) is 11.8 Å². The predicted molar refractivity (Wildman–Crippen MR) is 76.5 cm³/mol. The van der Waals surface area contributed by atoms with Gasteiger partial charge in [0.15, 0.2) is 5.12 Å². The highest BCUT2D eigenvalue weighted by Crippen LogP contribution is 2.48. The second-order valence-electron chi connectivity index (χ2n) is 6.29. The highest BCUT2D eigenvalue weighted by molar-refractivity contribution is 8.13. The Labute approximate surface area is 128 Å². The van der Waals surface area contributed by atoms with E-state index in [4.69, 9.17) is 9.47 Å². The molecule has 2 aliphatic carbocycles. The minimum Gasteiger partial charge on any atom is -0.458 e. The third kappa shape index (κ3) is 3.25. The molecule has 0 amide bonds. The van der Waals surface area contributed by atoms with E-state index in [1.54, 1.807) is 0 Å². The van der Waals surface area contributed by atoms with Gasteiger partial charge in [0.1, 0.15) is 12.2 Å². The number of fused-ring (bicyclic) bond motifs is 1. The Morgan fingerprint density at radius 1 is 1.29 bits per heavy atom. The van der Waals surface area contributed by atoms with Gasteiger partial charge in [0.25, 0.3) is 0 Å². The molecule has 2 heterocycles. The summed E-state index contributed by atoms with van der Waals surface area (Å²) in [4.78, 5) is 34.7. The zero-order valence-corrected chi connectivity index (χ0v) is 12.9. The van der Waals surface area contributed by atoms with Crippen molar-refractivity contribution in [1.82, 2.24) is 0 Å². The van der Waals surface area contributed by atoms with E-state index in [1.807, 2.05) is 0 Å². The standard InChI is InChI=1S/C15H20O5S/c1-8(16)21-3-2-13(17)20-14-10-4-9-5-11(7-10)15(18)19-12(14)6-9/h9-12,14H,2-7H2,1H3. The summed E-state index contributed by atoms with van der Waals surface area (Å²) in [5, 5.41) is 0.00292. The maximum Gasteiger partial charge on any atom is 0.309 e. The Bertz CT molecular complexity index is 463. The molecule has 2 aliphatic heterocycles. The summed E-state index contributed by atoms with van der Waals surface area (Å²) in [5.74, 6) is 0.823. The van der Waals surface area contributed by atoms with Crippen molar-refractivity contribution in [2.24, 2.45) is 17.8 Å². The van der Waals surface area contributed by atoms with Crippen LogP contribution in [0.15, 0.2) is 0 Å². The van der Waals surface area contributed by atoms with Gasteiger partial charge in [0.05, 0.1) is 12.3 Å². The second kappa shape index (κ2) is 5.99. The SMILES string of the molecule is CC(=O)SCCC(=O)OC1C2CC3CC(C2)C(=O)OC1C3. The molecular weight excluding hydrogens is 292 g/mol. The van der Waals surface area contributed by atoms with Crippen LogP contribution >= 0.6 is 11.8 Å². The van der Waals surface area contributed by atoms with Crippen LogP contribution in [0.5, 0.6) is 0 Å². The van der Waals surface area contributed by atoms with Crippen LogP contribution in [0, 0.1) is 17.8 Å². The van der Waals surface area contributed by atoms with Gasteiger partial charge >= 0.3 is 11.9 Å². The summed E-state index contributed by atoms with van der Waals surface area (Å²) >= 11 is 1.13. The summed E-state index contributed by atoms with van der Waals surface area (Å²) in [6, 6.07) is 0. The summed E-state index contributed by atoms with van der Waals surface area (Å²) in [5.41, 5.74) is 0. The van der Waals surface area contributed by atoms with Crippen molar-refractivity contribution >= 4 is 28.8 Å². The second-order valence-corrected chi connectivity index (χ2v) is 7.56. The molecule has 0 aromatic carbocycles. The van der Waals surface area contributed by atoms with Crippen LogP contribution in [-0.2, 0) is 23.9 Å². The van der Waals surface area contributed by atoms with Crippen LogP contribution in [0.4, 0.5) is 0 Å². The van der Waals surface area contributed by atoms with Crippen molar-refractivity contribution in [3.63, 3.8) is 0 Å². The number of carbonyl (C=O) groups is 3. The average molecular weight is 312 g/mol. The van der Waals surface area contributed by atoms with Crippen LogP contribution < -0.4 is 0 Å². The van der Waals surface area contributed by atoms with Gasteiger partial charge in [0, 0.05) is 18.6 Å². The first-order valence-corrected chi connectivity index (χ1v) is 8.55. The lowest BCUT2D eigenvalue weighted by atomic mass is 9.67. The molecule has 0 aromatic rings. The molecule has 4 aliphatic rings. The van der Waals surface area contributed by atoms with Crippen molar-refractivity contribution in [3.05, 3.63) is 0 Å². The topological polar surface area (TPSA) is 69.7 Å². The van der Waals surface area contributed by atoms with Crippen molar-refractivity contribution in [2.75, 3.05) is 5.75 Å². The third-order valence-electron chi connectivity index (χ3n) is 4.72. The van der Waals surface area contributed by atoms with E-state index in [1.165, 1.54) is 6.92 Å². The quantitative estimate of drug-likeness (QED) is 0.739. The summed E-state index contributed by atoms with van der Waals surface area (Å²) in [6.45, 7) is 1.48. The van der Waals surface area contributed by atoms with E-state index in [0.29, 0.717) is 11.7 Å². The van der Waals surface area contributed by atoms with Crippen molar-refractivity contribution in [1.29, 1.82) is 0 Å². The first-order chi connectivity index (χ1) is 10.0. The molecule has 2 saturated carbocycles.